The van der Waals surface area contributed by atoms with Gasteiger partial charge >= 0.3 is 0 Å². The summed E-state index contributed by atoms with van der Waals surface area (Å²) in [6, 6.07) is 8.16. The van der Waals surface area contributed by atoms with Crippen LogP contribution in [0.25, 0.3) is 0 Å². The van der Waals surface area contributed by atoms with E-state index in [1.165, 1.54) is 12.0 Å². The molecule has 1 atom stereocenters. The lowest BCUT2D eigenvalue weighted by atomic mass is 9.95. The molecule has 1 aromatic rings. The number of piperidine rings is 1. The van der Waals surface area contributed by atoms with Gasteiger partial charge in [-0.05, 0) is 37.0 Å². The van der Waals surface area contributed by atoms with Gasteiger partial charge in [0.2, 0.25) is 5.91 Å². The monoisotopic (exact) mass is 232 g/mol. The Bertz CT molecular complexity index is 386. The van der Waals surface area contributed by atoms with Gasteiger partial charge in [0, 0.05) is 18.7 Å². The average molecular weight is 232 g/mol. The number of rotatable bonds is 2. The minimum absolute atomic E-state index is 0.247. The average Bonchev–Trinajstić information content (AvgIpc) is 2.39. The highest BCUT2D eigenvalue weighted by Gasteiger charge is 2.26. The maximum atomic E-state index is 11.9. The molecule has 0 saturated carbocycles. The van der Waals surface area contributed by atoms with Crippen molar-refractivity contribution in [2.75, 3.05) is 12.3 Å². The zero-order valence-corrected chi connectivity index (χ0v) is 10.4. The van der Waals surface area contributed by atoms with Crippen molar-refractivity contribution in [3.8, 4) is 0 Å². The Balaban J connectivity index is 2.21. The first-order chi connectivity index (χ1) is 8.22. The first-order valence-electron chi connectivity index (χ1n) is 6.37. The molecule has 0 aromatic heterocycles. The molecule has 2 N–H and O–H groups in total. The summed E-state index contributed by atoms with van der Waals surface area (Å²) in [5, 5.41) is 0. The summed E-state index contributed by atoms with van der Waals surface area (Å²) >= 11 is 0. The topological polar surface area (TPSA) is 46.3 Å². The largest absolute Gasteiger partial charge is 0.399 e. The third-order valence-electron chi connectivity index (χ3n) is 3.45. The van der Waals surface area contributed by atoms with E-state index in [1.807, 2.05) is 36.1 Å². The van der Waals surface area contributed by atoms with E-state index in [4.69, 9.17) is 5.73 Å². The molecule has 0 bridgehead atoms. The summed E-state index contributed by atoms with van der Waals surface area (Å²) in [5.41, 5.74) is 7.68. The van der Waals surface area contributed by atoms with Crippen molar-refractivity contribution in [1.29, 1.82) is 0 Å². The number of hydrogen-bond donors (Lipinski definition) is 1. The van der Waals surface area contributed by atoms with Crippen LogP contribution in [0, 0.1) is 0 Å². The van der Waals surface area contributed by atoms with Crippen molar-refractivity contribution in [1.82, 2.24) is 4.90 Å². The molecule has 3 heteroatoms. The lowest BCUT2D eigenvalue weighted by molar-refractivity contribution is -0.134. The van der Waals surface area contributed by atoms with Gasteiger partial charge in [-0.15, -0.1) is 0 Å². The number of nitrogen functional groups attached to an aromatic ring is 1. The standard InChI is InChI=1S/C14H20N2O/c1-2-14(17)16-10-4-3-5-13(16)11-6-8-12(15)9-7-11/h6-9,13H,2-5,10,15H2,1H3. The predicted molar refractivity (Wildman–Crippen MR) is 69.5 cm³/mol. The highest BCUT2D eigenvalue weighted by molar-refractivity contribution is 5.76. The maximum Gasteiger partial charge on any atom is 0.222 e. The van der Waals surface area contributed by atoms with Crippen LogP contribution < -0.4 is 5.73 Å². The molecule has 17 heavy (non-hydrogen) atoms. The first kappa shape index (κ1) is 12.0. The van der Waals surface area contributed by atoms with Gasteiger partial charge in [0.15, 0.2) is 0 Å². The molecule has 0 spiro atoms. The molecular weight excluding hydrogens is 212 g/mol. The van der Waals surface area contributed by atoms with E-state index in [0.29, 0.717) is 6.42 Å². The Morgan fingerprint density at radius 1 is 1.35 bits per heavy atom. The van der Waals surface area contributed by atoms with Gasteiger partial charge in [-0.1, -0.05) is 19.1 Å². The van der Waals surface area contributed by atoms with E-state index >= 15 is 0 Å². The highest BCUT2D eigenvalue weighted by Crippen LogP contribution is 2.31. The minimum atomic E-state index is 0.247. The number of hydrogen-bond acceptors (Lipinski definition) is 2. The molecule has 2 rings (SSSR count). The smallest absolute Gasteiger partial charge is 0.222 e. The Morgan fingerprint density at radius 2 is 2.06 bits per heavy atom. The molecule has 1 amide bonds. The van der Waals surface area contributed by atoms with Crippen LogP contribution in [0.5, 0.6) is 0 Å². The molecular formula is C14H20N2O. The Morgan fingerprint density at radius 3 is 2.71 bits per heavy atom. The second-order valence-electron chi connectivity index (χ2n) is 4.62. The molecule has 1 unspecified atom stereocenters. The molecule has 0 aliphatic carbocycles. The molecule has 1 fully saturated rings. The van der Waals surface area contributed by atoms with Gasteiger partial charge in [0.1, 0.15) is 0 Å². The van der Waals surface area contributed by atoms with Crippen molar-refractivity contribution in [2.45, 2.75) is 38.6 Å². The van der Waals surface area contributed by atoms with Crippen molar-refractivity contribution in [3.63, 3.8) is 0 Å². The van der Waals surface area contributed by atoms with Crippen LogP contribution in [0.2, 0.25) is 0 Å². The third-order valence-corrected chi connectivity index (χ3v) is 3.45. The van der Waals surface area contributed by atoms with E-state index in [2.05, 4.69) is 0 Å². The molecule has 3 nitrogen and oxygen atoms in total. The van der Waals surface area contributed by atoms with Gasteiger partial charge in [-0.25, -0.2) is 0 Å². The number of anilines is 1. The fraction of sp³-hybridized carbons (Fsp3) is 0.500. The summed E-state index contributed by atoms with van der Waals surface area (Å²) in [4.78, 5) is 13.9. The van der Waals surface area contributed by atoms with Gasteiger partial charge in [0.05, 0.1) is 6.04 Å². The van der Waals surface area contributed by atoms with Crippen molar-refractivity contribution in [3.05, 3.63) is 29.8 Å². The second kappa shape index (κ2) is 5.21. The normalized spacial score (nSPS) is 20.3. The van der Waals surface area contributed by atoms with Crippen molar-refractivity contribution >= 4 is 11.6 Å². The number of benzene rings is 1. The third kappa shape index (κ3) is 2.60. The maximum absolute atomic E-state index is 11.9. The molecule has 1 aliphatic rings. The number of carbonyl (C=O) groups is 1. The number of nitrogens with zero attached hydrogens (tertiary/aromatic N) is 1. The van der Waals surface area contributed by atoms with E-state index < -0.39 is 0 Å². The second-order valence-corrected chi connectivity index (χ2v) is 4.62. The molecule has 1 heterocycles. The summed E-state index contributed by atoms with van der Waals surface area (Å²) < 4.78 is 0. The Labute approximate surface area is 103 Å². The lowest BCUT2D eigenvalue weighted by Crippen LogP contribution is -2.38. The van der Waals surface area contributed by atoms with Crippen LogP contribution in [-0.4, -0.2) is 17.4 Å². The van der Waals surface area contributed by atoms with Crippen LogP contribution >= 0.6 is 0 Å². The van der Waals surface area contributed by atoms with Crippen LogP contribution in [0.4, 0.5) is 5.69 Å². The van der Waals surface area contributed by atoms with Crippen LogP contribution in [-0.2, 0) is 4.79 Å². The summed E-state index contributed by atoms with van der Waals surface area (Å²) in [5.74, 6) is 0.256. The Kier molecular flexibility index (Phi) is 3.67. The van der Waals surface area contributed by atoms with Gasteiger partial charge in [-0.3, -0.25) is 4.79 Å². The minimum Gasteiger partial charge on any atom is -0.399 e. The summed E-state index contributed by atoms with van der Waals surface area (Å²) in [6.45, 7) is 2.82. The summed E-state index contributed by atoms with van der Waals surface area (Å²) in [6.07, 6.45) is 3.97. The van der Waals surface area contributed by atoms with Gasteiger partial charge in [-0.2, -0.15) is 0 Å². The number of amides is 1. The fourth-order valence-corrected chi connectivity index (χ4v) is 2.50. The number of nitrogens with two attached hydrogens (primary N) is 1. The zero-order valence-electron chi connectivity index (χ0n) is 10.4. The highest BCUT2D eigenvalue weighted by atomic mass is 16.2. The SMILES string of the molecule is CCC(=O)N1CCCCC1c1ccc(N)cc1. The molecule has 1 saturated heterocycles. The van der Waals surface area contributed by atoms with E-state index in [9.17, 15) is 4.79 Å². The van der Waals surface area contributed by atoms with E-state index in [1.54, 1.807) is 0 Å². The Hall–Kier alpha value is -1.51. The van der Waals surface area contributed by atoms with Crippen LogP contribution in [0.3, 0.4) is 0 Å². The fourth-order valence-electron chi connectivity index (χ4n) is 2.50. The predicted octanol–water partition coefficient (Wildman–Crippen LogP) is 2.73. The van der Waals surface area contributed by atoms with Crippen LogP contribution in [0.1, 0.15) is 44.2 Å². The lowest BCUT2D eigenvalue weighted by Gasteiger charge is -2.36. The summed E-state index contributed by atoms with van der Waals surface area (Å²) in [7, 11) is 0. The molecule has 1 aliphatic heterocycles. The zero-order chi connectivity index (χ0) is 12.3. The van der Waals surface area contributed by atoms with Gasteiger partial charge in [0.25, 0.3) is 0 Å². The van der Waals surface area contributed by atoms with Crippen molar-refractivity contribution in [2.24, 2.45) is 0 Å². The van der Waals surface area contributed by atoms with Crippen LogP contribution in [0.15, 0.2) is 24.3 Å². The molecule has 92 valence electrons. The molecule has 1 aromatic carbocycles. The number of likely N-dealkylation sites (tertiary alicyclic amines) is 1. The number of carbonyl (C=O) groups excluding carboxylic acids is 1. The van der Waals surface area contributed by atoms with E-state index in [0.717, 1.165) is 25.1 Å². The van der Waals surface area contributed by atoms with Gasteiger partial charge < -0.3 is 10.6 Å². The molecule has 0 radical (unpaired) electrons. The van der Waals surface area contributed by atoms with Crippen molar-refractivity contribution < 1.29 is 4.79 Å². The van der Waals surface area contributed by atoms with E-state index in [-0.39, 0.29) is 11.9 Å². The quantitative estimate of drug-likeness (QED) is 0.797. The first-order valence-corrected chi connectivity index (χ1v) is 6.37.